The van der Waals surface area contributed by atoms with Crippen LogP contribution in [0, 0.1) is 0 Å². The Balaban J connectivity index is 0.00000220. The van der Waals surface area contributed by atoms with Crippen molar-refractivity contribution in [3.8, 4) is 0 Å². The summed E-state index contributed by atoms with van der Waals surface area (Å²) in [6, 6.07) is 0. The van der Waals surface area contributed by atoms with Crippen LogP contribution in [0.4, 0.5) is 5.95 Å². The first-order valence-electron chi connectivity index (χ1n) is 5.66. The van der Waals surface area contributed by atoms with E-state index in [1.807, 2.05) is 0 Å². The van der Waals surface area contributed by atoms with Crippen LogP contribution in [-0.4, -0.2) is 36.9 Å². The molecule has 2 rings (SSSR count). The van der Waals surface area contributed by atoms with Crippen LogP contribution in [0.3, 0.4) is 0 Å². The molecule has 0 radical (unpaired) electrons. The number of hydrogen-bond acceptors (Lipinski definition) is 8. The van der Waals surface area contributed by atoms with Gasteiger partial charge in [-0.15, -0.1) is 0 Å². The monoisotopic (exact) mass is 347 g/mol. The number of anilines is 1. The molecule has 0 unspecified atom stereocenters. The van der Waals surface area contributed by atoms with Crippen LogP contribution in [0.1, 0.15) is 6.42 Å². The Bertz CT molecular complexity index is 729. The molecule has 0 aliphatic carbocycles. The van der Waals surface area contributed by atoms with Gasteiger partial charge in [-0.05, 0) is 6.42 Å². The predicted molar refractivity (Wildman–Crippen MR) is 65.7 cm³/mol. The molecule has 0 fully saturated rings. The number of aromatic nitrogens is 4. The van der Waals surface area contributed by atoms with Gasteiger partial charge in [0.25, 0.3) is 5.56 Å². The van der Waals surface area contributed by atoms with Gasteiger partial charge in [-0.1, -0.05) is 7.60 Å². The SMILES string of the molecule is Nc1nc2c(ncn2CC[C@@H](O)CP(=O)([O-])[O-])c(=O)[nH]1.[Na+].[Na+]. The zero-order valence-corrected chi connectivity index (χ0v) is 17.1. The third-order valence-electron chi connectivity index (χ3n) is 2.63. The van der Waals surface area contributed by atoms with Gasteiger partial charge in [0.05, 0.1) is 12.4 Å². The van der Waals surface area contributed by atoms with Crippen LogP contribution < -0.4 is 80.2 Å². The second-order valence-electron chi connectivity index (χ2n) is 4.30. The number of aliphatic hydroxyl groups excluding tert-OH is 1. The number of nitrogen functional groups attached to an aromatic ring is 1. The number of rotatable bonds is 5. The third kappa shape index (κ3) is 6.04. The molecule has 4 N–H and O–H groups in total. The van der Waals surface area contributed by atoms with E-state index in [4.69, 9.17) is 5.73 Å². The number of nitrogens with two attached hydrogens (primary N) is 1. The average molecular weight is 347 g/mol. The number of aromatic amines is 1. The first-order chi connectivity index (χ1) is 9.26. The van der Waals surface area contributed by atoms with Crippen LogP contribution in [0.2, 0.25) is 0 Å². The minimum atomic E-state index is -4.76. The smallest absolute Gasteiger partial charge is 0.811 e. The Morgan fingerprint density at radius 2 is 2.09 bits per heavy atom. The van der Waals surface area contributed by atoms with Crippen molar-refractivity contribution in [2.24, 2.45) is 0 Å². The summed E-state index contributed by atoms with van der Waals surface area (Å²) in [7, 11) is -4.76. The van der Waals surface area contributed by atoms with Crippen LogP contribution in [-0.2, 0) is 11.1 Å². The zero-order valence-electron chi connectivity index (χ0n) is 12.2. The number of aryl methyl sites for hydroxylation is 1. The third-order valence-corrected chi connectivity index (χ3v) is 3.50. The Labute approximate surface area is 169 Å². The number of H-pyrrole nitrogens is 1. The van der Waals surface area contributed by atoms with Gasteiger partial charge in [-0.2, -0.15) is 4.98 Å². The van der Waals surface area contributed by atoms with Gasteiger partial charge in [0.1, 0.15) is 0 Å². The Kier molecular flexibility index (Phi) is 9.04. The van der Waals surface area contributed by atoms with E-state index in [9.17, 15) is 24.3 Å². The van der Waals surface area contributed by atoms with Crippen LogP contribution in [0.5, 0.6) is 0 Å². The predicted octanol–water partition coefficient (Wildman–Crippen LogP) is -8.63. The molecule has 2 aromatic rings. The first-order valence-corrected chi connectivity index (χ1v) is 7.39. The number of nitrogens with one attached hydrogen (secondary N) is 1. The fourth-order valence-corrected chi connectivity index (χ4v) is 2.47. The standard InChI is InChI=1S/C9H14N5O5P.2Na/c10-9-12-7-6(8(16)13-9)11-4-14(7)2-1-5(15)3-20(17,18)19;;/h4-5,15H,1-3H2,(H2,17,18,19)(H3,10,12,13,16);;/q;2*+1/p-2/t5-;;/m1../s1. The molecular weight excluding hydrogens is 335 g/mol. The normalized spacial score (nSPS) is 12.5. The van der Waals surface area contributed by atoms with Crippen LogP contribution in [0.15, 0.2) is 11.1 Å². The molecule has 22 heavy (non-hydrogen) atoms. The summed E-state index contributed by atoms with van der Waals surface area (Å²) in [5, 5.41) is 9.45. The number of fused-ring (bicyclic) bond motifs is 1. The minimum Gasteiger partial charge on any atom is -0.811 e. The van der Waals surface area contributed by atoms with Gasteiger partial charge in [-0.25, -0.2) is 4.98 Å². The van der Waals surface area contributed by atoms with E-state index < -0.39 is 25.4 Å². The Morgan fingerprint density at radius 3 is 2.68 bits per heavy atom. The van der Waals surface area contributed by atoms with Crippen molar-refractivity contribution in [2.45, 2.75) is 19.1 Å². The van der Waals surface area contributed by atoms with Crippen molar-refractivity contribution in [2.75, 3.05) is 11.9 Å². The maximum absolute atomic E-state index is 11.5. The Morgan fingerprint density at radius 1 is 1.45 bits per heavy atom. The van der Waals surface area contributed by atoms with Crippen molar-refractivity contribution in [3.05, 3.63) is 16.7 Å². The van der Waals surface area contributed by atoms with Crippen LogP contribution in [0.25, 0.3) is 11.2 Å². The van der Waals surface area contributed by atoms with Gasteiger partial charge in [0.15, 0.2) is 11.2 Å². The van der Waals surface area contributed by atoms with Crippen molar-refractivity contribution >= 4 is 24.7 Å². The summed E-state index contributed by atoms with van der Waals surface area (Å²) in [6.07, 6.45) is -0.787. The molecule has 0 bridgehead atoms. The average Bonchev–Trinajstić information content (AvgIpc) is 2.67. The van der Waals surface area contributed by atoms with Gasteiger partial charge in [0.2, 0.25) is 5.95 Å². The van der Waals surface area contributed by atoms with Crippen molar-refractivity contribution in [1.82, 2.24) is 19.5 Å². The molecule has 0 aliphatic heterocycles. The first kappa shape index (κ1) is 22.3. The van der Waals surface area contributed by atoms with E-state index in [0.29, 0.717) is 0 Å². The number of aliphatic hydroxyl groups is 1. The molecule has 2 aromatic heterocycles. The molecule has 13 heteroatoms. The maximum Gasteiger partial charge on any atom is 1.00 e. The number of hydrogen-bond donors (Lipinski definition) is 3. The molecule has 10 nitrogen and oxygen atoms in total. The molecule has 0 spiro atoms. The summed E-state index contributed by atoms with van der Waals surface area (Å²) < 4.78 is 12.0. The summed E-state index contributed by atoms with van der Waals surface area (Å²) in [5.74, 6) is -0.0755. The Hall–Kier alpha value is 0.260. The molecule has 0 aliphatic rings. The van der Waals surface area contributed by atoms with Gasteiger partial charge >= 0.3 is 59.1 Å². The van der Waals surface area contributed by atoms with Crippen molar-refractivity contribution in [1.29, 1.82) is 0 Å². The molecule has 0 aromatic carbocycles. The molecule has 0 saturated heterocycles. The van der Waals surface area contributed by atoms with E-state index in [0.717, 1.165) is 0 Å². The summed E-state index contributed by atoms with van der Waals surface area (Å²) in [6.45, 7) is 0.146. The summed E-state index contributed by atoms with van der Waals surface area (Å²) in [4.78, 5) is 42.6. The van der Waals surface area contributed by atoms with Gasteiger partial charge in [0, 0.05) is 12.7 Å². The van der Waals surface area contributed by atoms with Gasteiger partial charge < -0.3 is 29.8 Å². The summed E-state index contributed by atoms with van der Waals surface area (Å²) in [5.41, 5.74) is 5.24. The minimum absolute atomic E-state index is 0. The zero-order chi connectivity index (χ0) is 14.9. The van der Waals surface area contributed by atoms with E-state index in [1.165, 1.54) is 10.9 Å². The summed E-state index contributed by atoms with van der Waals surface area (Å²) >= 11 is 0. The maximum atomic E-state index is 11.5. The molecule has 0 amide bonds. The number of nitrogens with zero attached hydrogens (tertiary/aromatic N) is 3. The molecule has 2 heterocycles. The molecule has 110 valence electrons. The fourth-order valence-electron chi connectivity index (χ4n) is 1.77. The van der Waals surface area contributed by atoms with E-state index in [1.54, 1.807) is 0 Å². The largest absolute Gasteiger partial charge is 1.00 e. The van der Waals surface area contributed by atoms with E-state index in [2.05, 4.69) is 15.0 Å². The van der Waals surface area contributed by atoms with E-state index in [-0.39, 0.29) is 89.2 Å². The second kappa shape index (κ2) is 8.93. The van der Waals surface area contributed by atoms with E-state index >= 15 is 0 Å². The molecule has 0 saturated carbocycles. The quantitative estimate of drug-likeness (QED) is 0.353. The van der Waals surface area contributed by atoms with Crippen molar-refractivity contribution < 1.29 is 78.6 Å². The molecule has 1 atom stereocenters. The molecular formula is C9H12N5Na2O5P. The second-order valence-corrected chi connectivity index (χ2v) is 5.88. The fraction of sp³-hybridized carbons (Fsp3) is 0.444. The number of imidazole rings is 1. The topological polar surface area (TPSA) is 173 Å². The van der Waals surface area contributed by atoms with Gasteiger partial charge in [-0.3, -0.25) is 9.78 Å². The van der Waals surface area contributed by atoms with Crippen molar-refractivity contribution in [3.63, 3.8) is 0 Å². The van der Waals surface area contributed by atoms with Crippen LogP contribution >= 0.6 is 7.60 Å².